The molecule has 2 fully saturated rings. The molecule has 3 atom stereocenters. The Labute approximate surface area is 152 Å². The van der Waals surface area contributed by atoms with Gasteiger partial charge in [0.15, 0.2) is 6.61 Å². The molecule has 0 saturated heterocycles. The van der Waals surface area contributed by atoms with Gasteiger partial charge in [0.25, 0.3) is 11.8 Å². The average molecular weight is 357 g/mol. The van der Waals surface area contributed by atoms with Crippen molar-refractivity contribution in [1.29, 1.82) is 0 Å². The minimum Gasteiger partial charge on any atom is -0.482 e. The molecule has 1 heterocycles. The van der Waals surface area contributed by atoms with Gasteiger partial charge in [0, 0.05) is 6.42 Å². The number of hydrogen-bond donors (Lipinski definition) is 2. The van der Waals surface area contributed by atoms with Gasteiger partial charge in [0.2, 0.25) is 5.91 Å². The van der Waals surface area contributed by atoms with Crippen molar-refractivity contribution in [1.82, 2.24) is 10.9 Å². The van der Waals surface area contributed by atoms with E-state index >= 15 is 0 Å². The van der Waals surface area contributed by atoms with Gasteiger partial charge in [-0.15, -0.1) is 0 Å². The maximum atomic E-state index is 12.2. The molecular weight excluding hydrogens is 334 g/mol. The molecule has 138 valence electrons. The molecule has 3 aliphatic rings. The number of hydrazine groups is 1. The molecule has 1 aromatic carbocycles. The number of ether oxygens (including phenoxy) is 1. The minimum absolute atomic E-state index is 0.0963. The van der Waals surface area contributed by atoms with Crippen molar-refractivity contribution in [3.8, 4) is 5.75 Å². The first-order valence-corrected chi connectivity index (χ1v) is 9.20. The van der Waals surface area contributed by atoms with Gasteiger partial charge < -0.3 is 4.74 Å². The molecule has 1 aromatic rings. The van der Waals surface area contributed by atoms with E-state index in [0.29, 0.717) is 29.7 Å². The van der Waals surface area contributed by atoms with Gasteiger partial charge in [-0.25, -0.2) is 0 Å². The molecular formula is C19H23N3O4. The lowest BCUT2D eigenvalue weighted by atomic mass is 9.86. The fourth-order valence-electron chi connectivity index (χ4n) is 4.57. The third kappa shape index (κ3) is 3.38. The molecule has 26 heavy (non-hydrogen) atoms. The summed E-state index contributed by atoms with van der Waals surface area (Å²) in [7, 11) is 0. The van der Waals surface area contributed by atoms with Gasteiger partial charge in [0.1, 0.15) is 12.3 Å². The summed E-state index contributed by atoms with van der Waals surface area (Å²) < 4.78 is 5.35. The Balaban J connectivity index is 1.27. The van der Waals surface area contributed by atoms with Gasteiger partial charge in [-0.05, 0) is 49.1 Å². The van der Waals surface area contributed by atoms with E-state index in [-0.39, 0.29) is 25.0 Å². The van der Waals surface area contributed by atoms with Crippen molar-refractivity contribution in [2.75, 3.05) is 18.1 Å². The van der Waals surface area contributed by atoms with Crippen molar-refractivity contribution in [2.24, 2.45) is 17.8 Å². The van der Waals surface area contributed by atoms with Crippen molar-refractivity contribution in [2.45, 2.75) is 32.1 Å². The van der Waals surface area contributed by atoms with E-state index in [2.05, 4.69) is 10.9 Å². The first kappa shape index (κ1) is 16.9. The van der Waals surface area contributed by atoms with Crippen LogP contribution in [0.25, 0.3) is 0 Å². The van der Waals surface area contributed by atoms with E-state index in [4.69, 9.17) is 4.74 Å². The first-order valence-electron chi connectivity index (χ1n) is 9.20. The van der Waals surface area contributed by atoms with E-state index in [0.717, 1.165) is 12.3 Å². The Morgan fingerprint density at radius 1 is 1.12 bits per heavy atom. The highest BCUT2D eigenvalue weighted by Gasteiger charge is 2.40. The molecule has 7 nitrogen and oxygen atoms in total. The zero-order chi connectivity index (χ0) is 18.1. The molecule has 0 radical (unpaired) electrons. The van der Waals surface area contributed by atoms with E-state index in [1.54, 1.807) is 18.2 Å². The van der Waals surface area contributed by atoms with E-state index < -0.39 is 5.91 Å². The zero-order valence-corrected chi connectivity index (χ0v) is 14.6. The van der Waals surface area contributed by atoms with Crippen LogP contribution in [0.2, 0.25) is 0 Å². The Morgan fingerprint density at radius 2 is 1.92 bits per heavy atom. The Hall–Kier alpha value is -2.57. The zero-order valence-electron chi connectivity index (χ0n) is 14.6. The number of rotatable bonds is 4. The van der Waals surface area contributed by atoms with E-state index in [1.165, 1.54) is 24.2 Å². The SMILES string of the molecule is O=C(C[C@@H]1C[C@H]2CC[C@@H]1C2)NNC(=O)CN1C(=O)COc2ccccc21. The molecule has 3 amide bonds. The Morgan fingerprint density at radius 3 is 2.69 bits per heavy atom. The second kappa shape index (κ2) is 6.97. The minimum atomic E-state index is -0.434. The lowest BCUT2D eigenvalue weighted by molar-refractivity contribution is -0.129. The fourth-order valence-corrected chi connectivity index (χ4v) is 4.57. The summed E-state index contributed by atoms with van der Waals surface area (Å²) in [5, 5.41) is 0. The third-order valence-corrected chi connectivity index (χ3v) is 5.78. The van der Waals surface area contributed by atoms with Crippen molar-refractivity contribution < 1.29 is 19.1 Å². The summed E-state index contributed by atoms with van der Waals surface area (Å²) in [5.74, 6) is 1.59. The summed E-state index contributed by atoms with van der Waals surface area (Å²) in [6.45, 7) is -0.255. The summed E-state index contributed by atoms with van der Waals surface area (Å²) in [6.07, 6.45) is 5.37. The number of fused-ring (bicyclic) bond motifs is 3. The molecule has 2 aliphatic carbocycles. The highest BCUT2D eigenvalue weighted by Crippen LogP contribution is 2.49. The van der Waals surface area contributed by atoms with Crippen LogP contribution in [0.15, 0.2) is 24.3 Å². The van der Waals surface area contributed by atoms with E-state index in [9.17, 15) is 14.4 Å². The summed E-state index contributed by atoms with van der Waals surface area (Å²) in [5.41, 5.74) is 5.48. The largest absolute Gasteiger partial charge is 0.482 e. The lowest BCUT2D eigenvalue weighted by Gasteiger charge is -2.28. The number of amides is 3. The van der Waals surface area contributed by atoms with Gasteiger partial charge in [0.05, 0.1) is 5.69 Å². The standard InChI is InChI=1S/C19H23N3O4/c23-17(9-14-8-12-5-6-13(14)7-12)20-21-18(24)10-22-15-3-1-2-4-16(15)26-11-19(22)25/h1-4,12-14H,5-11H2,(H,20,23)(H,21,24)/t12-,13+,14-/m0/s1. The summed E-state index contributed by atoms with van der Waals surface area (Å²) >= 11 is 0. The number of nitrogens with zero attached hydrogens (tertiary/aromatic N) is 1. The summed E-state index contributed by atoms with van der Waals surface area (Å²) in [4.78, 5) is 37.7. The fraction of sp³-hybridized carbons (Fsp3) is 0.526. The van der Waals surface area contributed by atoms with Gasteiger partial charge in [-0.2, -0.15) is 0 Å². The highest BCUT2D eigenvalue weighted by molar-refractivity contribution is 6.02. The number of nitrogens with one attached hydrogen (secondary N) is 2. The average Bonchev–Trinajstić information content (AvgIpc) is 3.25. The molecule has 2 saturated carbocycles. The molecule has 0 aromatic heterocycles. The second-order valence-corrected chi connectivity index (χ2v) is 7.47. The number of benzene rings is 1. The highest BCUT2D eigenvalue weighted by atomic mass is 16.5. The number of anilines is 1. The molecule has 7 heteroatoms. The van der Waals surface area contributed by atoms with Crippen molar-refractivity contribution in [3.63, 3.8) is 0 Å². The maximum absolute atomic E-state index is 12.2. The van der Waals surface area contributed by atoms with Crippen LogP contribution in [0, 0.1) is 17.8 Å². The number of carbonyl (C=O) groups is 3. The predicted molar refractivity (Wildman–Crippen MR) is 94.1 cm³/mol. The second-order valence-electron chi connectivity index (χ2n) is 7.47. The molecule has 2 bridgehead atoms. The normalized spacial score (nSPS) is 26.2. The lowest BCUT2D eigenvalue weighted by Crippen LogP contribution is -2.50. The van der Waals surface area contributed by atoms with Crippen LogP contribution >= 0.6 is 0 Å². The predicted octanol–water partition coefficient (Wildman–Crippen LogP) is 1.39. The van der Waals surface area contributed by atoms with Gasteiger partial charge in [-0.3, -0.25) is 30.1 Å². The topological polar surface area (TPSA) is 87.7 Å². The van der Waals surface area contributed by atoms with Crippen LogP contribution in [0.5, 0.6) is 5.75 Å². The Kier molecular flexibility index (Phi) is 4.53. The van der Waals surface area contributed by atoms with Crippen LogP contribution < -0.4 is 20.5 Å². The van der Waals surface area contributed by atoms with Crippen LogP contribution in [-0.4, -0.2) is 30.9 Å². The molecule has 0 unspecified atom stereocenters. The van der Waals surface area contributed by atoms with Gasteiger partial charge in [-0.1, -0.05) is 18.6 Å². The maximum Gasteiger partial charge on any atom is 0.265 e. The molecule has 1 aliphatic heterocycles. The first-order chi connectivity index (χ1) is 12.6. The number of carbonyl (C=O) groups excluding carboxylic acids is 3. The molecule has 4 rings (SSSR count). The monoisotopic (exact) mass is 357 g/mol. The number of para-hydroxylation sites is 2. The van der Waals surface area contributed by atoms with Crippen LogP contribution in [0.3, 0.4) is 0 Å². The van der Waals surface area contributed by atoms with Crippen molar-refractivity contribution >= 4 is 23.4 Å². The number of hydrogen-bond acceptors (Lipinski definition) is 4. The molecule has 2 N–H and O–H groups in total. The van der Waals surface area contributed by atoms with Crippen molar-refractivity contribution in [3.05, 3.63) is 24.3 Å². The van der Waals surface area contributed by atoms with Crippen LogP contribution in [-0.2, 0) is 14.4 Å². The Bertz CT molecular complexity index is 735. The smallest absolute Gasteiger partial charge is 0.265 e. The molecule has 0 spiro atoms. The third-order valence-electron chi connectivity index (χ3n) is 5.78. The van der Waals surface area contributed by atoms with Crippen LogP contribution in [0.4, 0.5) is 5.69 Å². The van der Waals surface area contributed by atoms with E-state index in [1.807, 2.05) is 6.07 Å². The van der Waals surface area contributed by atoms with Crippen LogP contribution in [0.1, 0.15) is 32.1 Å². The summed E-state index contributed by atoms with van der Waals surface area (Å²) in [6, 6.07) is 7.07. The quantitative estimate of drug-likeness (QED) is 0.797. The van der Waals surface area contributed by atoms with Gasteiger partial charge >= 0.3 is 0 Å².